The molecular weight excluding hydrogens is 262 g/mol. The lowest BCUT2D eigenvalue weighted by Crippen LogP contribution is -2.20. The third kappa shape index (κ3) is 3.94. The van der Waals surface area contributed by atoms with Gasteiger partial charge in [0.1, 0.15) is 12.1 Å². The van der Waals surface area contributed by atoms with Crippen molar-refractivity contribution in [3.8, 4) is 5.75 Å². The van der Waals surface area contributed by atoms with Gasteiger partial charge in [0.05, 0.1) is 11.8 Å². The molecule has 1 heterocycles. The SMILES string of the molecule is c1ccc(OC2CCCCC2)c(NCc2cncnc2)c1. The van der Waals surface area contributed by atoms with Crippen LogP contribution in [-0.4, -0.2) is 16.1 Å². The summed E-state index contributed by atoms with van der Waals surface area (Å²) >= 11 is 0. The first-order valence-electron chi connectivity index (χ1n) is 7.65. The highest BCUT2D eigenvalue weighted by Gasteiger charge is 2.16. The van der Waals surface area contributed by atoms with Gasteiger partial charge < -0.3 is 10.1 Å². The van der Waals surface area contributed by atoms with E-state index in [1.54, 1.807) is 6.33 Å². The second-order valence-corrected chi connectivity index (χ2v) is 5.47. The second-order valence-electron chi connectivity index (χ2n) is 5.47. The molecule has 21 heavy (non-hydrogen) atoms. The van der Waals surface area contributed by atoms with Crippen molar-refractivity contribution in [2.24, 2.45) is 0 Å². The molecule has 1 aliphatic rings. The van der Waals surface area contributed by atoms with E-state index in [0.29, 0.717) is 12.6 Å². The third-order valence-electron chi connectivity index (χ3n) is 3.83. The van der Waals surface area contributed by atoms with Gasteiger partial charge >= 0.3 is 0 Å². The molecule has 2 aromatic rings. The molecular formula is C17H21N3O. The molecule has 1 aliphatic carbocycles. The van der Waals surface area contributed by atoms with Crippen LogP contribution < -0.4 is 10.1 Å². The van der Waals surface area contributed by atoms with Gasteiger partial charge in [0, 0.05) is 24.5 Å². The van der Waals surface area contributed by atoms with E-state index in [9.17, 15) is 0 Å². The molecule has 4 nitrogen and oxygen atoms in total. The van der Waals surface area contributed by atoms with Crippen LogP contribution in [0.5, 0.6) is 5.75 Å². The van der Waals surface area contributed by atoms with Gasteiger partial charge in [-0.15, -0.1) is 0 Å². The quantitative estimate of drug-likeness (QED) is 0.906. The van der Waals surface area contributed by atoms with E-state index < -0.39 is 0 Å². The summed E-state index contributed by atoms with van der Waals surface area (Å²) < 4.78 is 6.18. The van der Waals surface area contributed by atoms with Crippen LogP contribution in [0.2, 0.25) is 0 Å². The van der Waals surface area contributed by atoms with Crippen LogP contribution in [0.3, 0.4) is 0 Å². The van der Waals surface area contributed by atoms with E-state index in [-0.39, 0.29) is 0 Å². The predicted molar refractivity (Wildman–Crippen MR) is 83.3 cm³/mol. The average Bonchev–Trinajstić information content (AvgIpc) is 2.56. The van der Waals surface area contributed by atoms with Crippen LogP contribution in [0.4, 0.5) is 5.69 Å². The molecule has 0 spiro atoms. The molecule has 3 rings (SSSR count). The molecule has 0 bridgehead atoms. The van der Waals surface area contributed by atoms with Crippen LogP contribution in [0.1, 0.15) is 37.7 Å². The summed E-state index contributed by atoms with van der Waals surface area (Å²) in [6.45, 7) is 0.700. The number of benzene rings is 1. The van der Waals surface area contributed by atoms with Crippen LogP contribution in [0.15, 0.2) is 43.0 Å². The van der Waals surface area contributed by atoms with Crippen molar-refractivity contribution in [3.63, 3.8) is 0 Å². The number of nitrogens with one attached hydrogen (secondary N) is 1. The minimum atomic E-state index is 0.363. The Morgan fingerprint density at radius 1 is 1.05 bits per heavy atom. The van der Waals surface area contributed by atoms with Gasteiger partial charge in [0.15, 0.2) is 0 Å². The van der Waals surface area contributed by atoms with Crippen molar-refractivity contribution in [3.05, 3.63) is 48.5 Å². The Labute approximate surface area is 125 Å². The largest absolute Gasteiger partial charge is 0.488 e. The van der Waals surface area contributed by atoms with Gasteiger partial charge in [-0.3, -0.25) is 0 Å². The fourth-order valence-electron chi connectivity index (χ4n) is 2.70. The molecule has 0 aliphatic heterocycles. The second kappa shape index (κ2) is 7.07. The van der Waals surface area contributed by atoms with Crippen molar-refractivity contribution in [1.29, 1.82) is 0 Å². The number of rotatable bonds is 5. The predicted octanol–water partition coefficient (Wildman–Crippen LogP) is 3.80. The Bertz CT molecular complexity index is 553. The highest BCUT2D eigenvalue weighted by Crippen LogP contribution is 2.29. The van der Waals surface area contributed by atoms with E-state index in [4.69, 9.17) is 4.74 Å². The third-order valence-corrected chi connectivity index (χ3v) is 3.83. The van der Waals surface area contributed by atoms with Crippen molar-refractivity contribution < 1.29 is 4.74 Å². The first kappa shape index (κ1) is 13.9. The highest BCUT2D eigenvalue weighted by molar-refractivity contribution is 5.56. The Kier molecular flexibility index (Phi) is 4.66. The Morgan fingerprint density at radius 3 is 2.62 bits per heavy atom. The first-order valence-corrected chi connectivity index (χ1v) is 7.65. The zero-order valence-electron chi connectivity index (χ0n) is 12.2. The molecule has 1 saturated carbocycles. The zero-order chi connectivity index (χ0) is 14.3. The van der Waals surface area contributed by atoms with E-state index in [2.05, 4.69) is 21.4 Å². The van der Waals surface area contributed by atoms with Gasteiger partial charge in [-0.1, -0.05) is 18.6 Å². The number of ether oxygens (including phenoxy) is 1. The van der Waals surface area contributed by atoms with E-state index in [1.165, 1.54) is 32.1 Å². The lowest BCUT2D eigenvalue weighted by Gasteiger charge is -2.24. The van der Waals surface area contributed by atoms with Crippen molar-refractivity contribution >= 4 is 5.69 Å². The summed E-state index contributed by atoms with van der Waals surface area (Å²) in [6.07, 6.45) is 11.8. The first-order chi connectivity index (χ1) is 10.4. The van der Waals surface area contributed by atoms with Crippen LogP contribution >= 0.6 is 0 Å². The molecule has 1 aromatic heterocycles. The van der Waals surface area contributed by atoms with Gasteiger partial charge in [0.2, 0.25) is 0 Å². The molecule has 1 fully saturated rings. The van der Waals surface area contributed by atoms with Crippen molar-refractivity contribution in [1.82, 2.24) is 9.97 Å². The monoisotopic (exact) mass is 283 g/mol. The molecule has 110 valence electrons. The lowest BCUT2D eigenvalue weighted by atomic mass is 9.98. The summed E-state index contributed by atoms with van der Waals surface area (Å²) in [6, 6.07) is 8.15. The molecule has 0 saturated heterocycles. The summed E-state index contributed by atoms with van der Waals surface area (Å²) in [5, 5.41) is 3.41. The summed E-state index contributed by atoms with van der Waals surface area (Å²) in [7, 11) is 0. The zero-order valence-corrected chi connectivity index (χ0v) is 12.2. The number of anilines is 1. The van der Waals surface area contributed by atoms with Crippen LogP contribution in [0, 0.1) is 0 Å². The maximum absolute atomic E-state index is 6.18. The van der Waals surface area contributed by atoms with Gasteiger partial charge in [0.25, 0.3) is 0 Å². The Morgan fingerprint density at radius 2 is 1.81 bits per heavy atom. The fourth-order valence-corrected chi connectivity index (χ4v) is 2.70. The molecule has 0 atom stereocenters. The lowest BCUT2D eigenvalue weighted by molar-refractivity contribution is 0.156. The highest BCUT2D eigenvalue weighted by atomic mass is 16.5. The maximum atomic E-state index is 6.18. The Hall–Kier alpha value is -2.10. The normalized spacial score (nSPS) is 15.6. The minimum Gasteiger partial charge on any atom is -0.488 e. The average molecular weight is 283 g/mol. The maximum Gasteiger partial charge on any atom is 0.142 e. The number of hydrogen-bond donors (Lipinski definition) is 1. The van der Waals surface area contributed by atoms with E-state index >= 15 is 0 Å². The molecule has 1 aromatic carbocycles. The summed E-state index contributed by atoms with van der Waals surface area (Å²) in [5.41, 5.74) is 2.09. The molecule has 0 unspecified atom stereocenters. The van der Waals surface area contributed by atoms with Crippen molar-refractivity contribution in [2.75, 3.05) is 5.32 Å². The standard InChI is InChI=1S/C17H21N3O/c1-2-6-15(7-3-1)21-17-9-5-4-8-16(17)20-12-14-10-18-13-19-11-14/h4-5,8-11,13,15,20H,1-3,6-7,12H2. The van der Waals surface area contributed by atoms with Crippen molar-refractivity contribution in [2.45, 2.75) is 44.8 Å². The number of para-hydroxylation sites is 2. The van der Waals surface area contributed by atoms with Gasteiger partial charge in [-0.2, -0.15) is 0 Å². The topological polar surface area (TPSA) is 47.0 Å². The minimum absolute atomic E-state index is 0.363. The molecule has 0 amide bonds. The molecule has 4 heteroatoms. The smallest absolute Gasteiger partial charge is 0.142 e. The molecule has 1 N–H and O–H groups in total. The summed E-state index contributed by atoms with van der Waals surface area (Å²) in [4.78, 5) is 8.06. The van der Waals surface area contributed by atoms with Crippen LogP contribution in [0.25, 0.3) is 0 Å². The van der Waals surface area contributed by atoms with Crippen LogP contribution in [-0.2, 0) is 6.54 Å². The fraction of sp³-hybridized carbons (Fsp3) is 0.412. The van der Waals surface area contributed by atoms with E-state index in [1.807, 2.05) is 30.6 Å². The molecule has 0 radical (unpaired) electrons. The number of nitrogens with zero attached hydrogens (tertiary/aromatic N) is 2. The van der Waals surface area contributed by atoms with Gasteiger partial charge in [-0.05, 0) is 37.8 Å². The number of aromatic nitrogens is 2. The summed E-state index contributed by atoms with van der Waals surface area (Å²) in [5.74, 6) is 0.946. The number of hydrogen-bond acceptors (Lipinski definition) is 4. The van der Waals surface area contributed by atoms with E-state index in [0.717, 1.165) is 17.0 Å². The van der Waals surface area contributed by atoms with Gasteiger partial charge in [-0.25, -0.2) is 9.97 Å². The Balaban J connectivity index is 1.64.